The number of nitrogens with zero attached hydrogens (tertiary/aromatic N) is 1. The highest BCUT2D eigenvalue weighted by Gasteiger charge is 2.16. The summed E-state index contributed by atoms with van der Waals surface area (Å²) in [6.45, 7) is 3.05. The summed E-state index contributed by atoms with van der Waals surface area (Å²) in [5, 5.41) is 9.05. The van der Waals surface area contributed by atoms with Gasteiger partial charge in [-0.1, -0.05) is 12.1 Å². The van der Waals surface area contributed by atoms with Crippen molar-refractivity contribution in [1.29, 1.82) is 5.26 Å². The van der Waals surface area contributed by atoms with Crippen LogP contribution >= 0.6 is 0 Å². The van der Waals surface area contributed by atoms with Crippen molar-refractivity contribution in [2.75, 3.05) is 19.8 Å². The van der Waals surface area contributed by atoms with Gasteiger partial charge in [0.25, 0.3) is 0 Å². The molecule has 1 heterocycles. The van der Waals surface area contributed by atoms with Gasteiger partial charge in [-0.3, -0.25) is 0 Å². The van der Waals surface area contributed by atoms with Crippen molar-refractivity contribution in [3.63, 3.8) is 0 Å². The summed E-state index contributed by atoms with van der Waals surface area (Å²) in [4.78, 5) is 11.6. The van der Waals surface area contributed by atoms with E-state index in [1.54, 1.807) is 25.1 Å². The molecule has 0 fully saturated rings. The number of hydrogen-bond acceptors (Lipinski definition) is 5. The summed E-state index contributed by atoms with van der Waals surface area (Å²) >= 11 is 0. The van der Waals surface area contributed by atoms with Crippen LogP contribution in [0, 0.1) is 11.3 Å². The molecule has 1 aromatic carbocycles. The fourth-order valence-electron chi connectivity index (χ4n) is 1.83. The highest BCUT2D eigenvalue weighted by molar-refractivity contribution is 5.98. The molecular weight excluding hydrogens is 258 g/mol. The molecule has 5 nitrogen and oxygen atoms in total. The molecule has 2 rings (SSSR count). The van der Waals surface area contributed by atoms with Gasteiger partial charge < -0.3 is 14.2 Å². The Balaban J connectivity index is 2.37. The second-order valence-electron chi connectivity index (χ2n) is 4.12. The lowest BCUT2D eigenvalue weighted by Crippen LogP contribution is -2.06. The second kappa shape index (κ2) is 6.62. The number of para-hydroxylation sites is 1. The van der Waals surface area contributed by atoms with E-state index in [1.165, 1.54) is 6.08 Å². The molecule has 1 aromatic rings. The Hall–Kier alpha value is -2.48. The zero-order valence-corrected chi connectivity index (χ0v) is 11.2. The number of fused-ring (bicyclic) bond motifs is 1. The van der Waals surface area contributed by atoms with Crippen LogP contribution < -0.4 is 9.47 Å². The van der Waals surface area contributed by atoms with Gasteiger partial charge in [0.15, 0.2) is 11.5 Å². The van der Waals surface area contributed by atoms with Crippen LogP contribution in [-0.2, 0) is 9.53 Å². The first kappa shape index (κ1) is 13.9. The molecule has 1 aliphatic rings. The Labute approximate surface area is 117 Å². The van der Waals surface area contributed by atoms with Crippen molar-refractivity contribution >= 4 is 12.0 Å². The third-order valence-corrected chi connectivity index (χ3v) is 2.72. The van der Waals surface area contributed by atoms with Gasteiger partial charge in [0, 0.05) is 12.0 Å². The van der Waals surface area contributed by atoms with Gasteiger partial charge in [-0.05, 0) is 19.1 Å². The first-order valence-corrected chi connectivity index (χ1v) is 6.43. The lowest BCUT2D eigenvalue weighted by atomic mass is 10.1. The van der Waals surface area contributed by atoms with Crippen LogP contribution in [0.1, 0.15) is 18.9 Å². The summed E-state index contributed by atoms with van der Waals surface area (Å²) in [6.07, 6.45) is 2.26. The van der Waals surface area contributed by atoms with Gasteiger partial charge in [-0.15, -0.1) is 0 Å². The van der Waals surface area contributed by atoms with Crippen LogP contribution in [-0.4, -0.2) is 25.8 Å². The Kier molecular flexibility index (Phi) is 4.61. The molecule has 0 saturated carbocycles. The van der Waals surface area contributed by atoms with Crippen LogP contribution in [0.25, 0.3) is 6.08 Å². The molecule has 20 heavy (non-hydrogen) atoms. The maximum absolute atomic E-state index is 11.6. The Morgan fingerprint density at radius 3 is 3.00 bits per heavy atom. The maximum Gasteiger partial charge on any atom is 0.348 e. The van der Waals surface area contributed by atoms with E-state index < -0.39 is 5.97 Å². The van der Waals surface area contributed by atoms with Crippen LogP contribution in [0.4, 0.5) is 0 Å². The average Bonchev–Trinajstić information content (AvgIpc) is 2.70. The highest BCUT2D eigenvalue weighted by Crippen LogP contribution is 2.34. The number of esters is 1. The van der Waals surface area contributed by atoms with E-state index >= 15 is 0 Å². The van der Waals surface area contributed by atoms with E-state index in [0.29, 0.717) is 30.3 Å². The molecule has 0 atom stereocenters. The number of benzene rings is 1. The third-order valence-electron chi connectivity index (χ3n) is 2.72. The molecule has 0 amide bonds. The minimum Gasteiger partial charge on any atom is -0.490 e. The summed E-state index contributed by atoms with van der Waals surface area (Å²) in [5.41, 5.74) is 0.571. The number of hydrogen-bond donors (Lipinski definition) is 0. The van der Waals surface area contributed by atoms with Gasteiger partial charge in [0.05, 0.1) is 19.8 Å². The lowest BCUT2D eigenvalue weighted by molar-refractivity contribution is -0.137. The molecule has 0 saturated heterocycles. The molecule has 0 unspecified atom stereocenters. The fourth-order valence-corrected chi connectivity index (χ4v) is 1.83. The van der Waals surface area contributed by atoms with E-state index in [0.717, 1.165) is 6.42 Å². The van der Waals surface area contributed by atoms with Crippen molar-refractivity contribution in [3.05, 3.63) is 29.3 Å². The summed E-state index contributed by atoms with van der Waals surface area (Å²) in [5.74, 6) is 0.543. The summed E-state index contributed by atoms with van der Waals surface area (Å²) in [6, 6.07) is 7.21. The minimum atomic E-state index is -0.637. The molecule has 0 N–H and O–H groups in total. The highest BCUT2D eigenvalue weighted by atomic mass is 16.5. The van der Waals surface area contributed by atoms with Crippen LogP contribution in [0.5, 0.6) is 11.5 Å². The largest absolute Gasteiger partial charge is 0.490 e. The van der Waals surface area contributed by atoms with Gasteiger partial charge in [-0.25, -0.2) is 4.79 Å². The smallest absolute Gasteiger partial charge is 0.348 e. The maximum atomic E-state index is 11.6. The normalized spacial score (nSPS) is 14.1. The zero-order chi connectivity index (χ0) is 14.4. The number of nitriles is 1. The second-order valence-corrected chi connectivity index (χ2v) is 4.12. The molecule has 1 aliphatic heterocycles. The lowest BCUT2D eigenvalue weighted by Gasteiger charge is -2.10. The molecule has 0 aromatic heterocycles. The number of rotatable bonds is 3. The van der Waals surface area contributed by atoms with Crippen molar-refractivity contribution in [1.82, 2.24) is 0 Å². The molecule has 104 valence electrons. The van der Waals surface area contributed by atoms with Gasteiger partial charge in [-0.2, -0.15) is 5.26 Å². The van der Waals surface area contributed by atoms with Gasteiger partial charge >= 0.3 is 5.97 Å². The van der Waals surface area contributed by atoms with Crippen molar-refractivity contribution < 1.29 is 19.0 Å². The number of carbonyl (C=O) groups is 1. The van der Waals surface area contributed by atoms with Crippen molar-refractivity contribution in [2.45, 2.75) is 13.3 Å². The Bertz CT molecular complexity index is 572. The van der Waals surface area contributed by atoms with Crippen LogP contribution in [0.2, 0.25) is 0 Å². The van der Waals surface area contributed by atoms with Crippen LogP contribution in [0.15, 0.2) is 23.8 Å². The van der Waals surface area contributed by atoms with E-state index in [2.05, 4.69) is 0 Å². The summed E-state index contributed by atoms with van der Waals surface area (Å²) < 4.78 is 16.0. The third kappa shape index (κ3) is 3.09. The number of ether oxygens (including phenoxy) is 3. The topological polar surface area (TPSA) is 68.6 Å². The van der Waals surface area contributed by atoms with Crippen LogP contribution in [0.3, 0.4) is 0 Å². The first-order valence-electron chi connectivity index (χ1n) is 6.43. The Morgan fingerprint density at radius 2 is 2.25 bits per heavy atom. The zero-order valence-electron chi connectivity index (χ0n) is 11.2. The van der Waals surface area contributed by atoms with Crippen molar-refractivity contribution in [3.8, 4) is 17.6 Å². The number of carbonyl (C=O) groups excluding carboxylic acids is 1. The van der Waals surface area contributed by atoms with Gasteiger partial charge in [0.1, 0.15) is 11.6 Å². The van der Waals surface area contributed by atoms with E-state index in [-0.39, 0.29) is 12.2 Å². The SMILES string of the molecule is CCOC(=O)/C(C#N)=C\c1cccc2c1OCCCO2. The summed E-state index contributed by atoms with van der Waals surface area (Å²) in [7, 11) is 0. The monoisotopic (exact) mass is 273 g/mol. The first-order chi connectivity index (χ1) is 9.76. The standard InChI is InChI=1S/C15H15NO4/c1-2-18-15(17)12(10-16)9-11-5-3-6-13-14(11)20-8-4-7-19-13/h3,5-6,9H,2,4,7-8H2,1H3/b12-9-. The predicted octanol–water partition coefficient (Wildman–Crippen LogP) is 2.32. The van der Waals surface area contributed by atoms with E-state index in [9.17, 15) is 4.79 Å². The molecular formula is C15H15NO4. The fraction of sp³-hybridized carbons (Fsp3) is 0.333. The van der Waals surface area contributed by atoms with E-state index in [4.69, 9.17) is 19.5 Å². The predicted molar refractivity (Wildman–Crippen MR) is 72.3 cm³/mol. The average molecular weight is 273 g/mol. The molecule has 5 heteroatoms. The van der Waals surface area contributed by atoms with E-state index in [1.807, 2.05) is 6.07 Å². The minimum absolute atomic E-state index is 0.0619. The molecule has 0 aliphatic carbocycles. The quantitative estimate of drug-likeness (QED) is 0.480. The Morgan fingerprint density at radius 1 is 1.45 bits per heavy atom. The molecule has 0 bridgehead atoms. The molecule has 0 spiro atoms. The molecule has 0 radical (unpaired) electrons. The van der Waals surface area contributed by atoms with Gasteiger partial charge in [0.2, 0.25) is 0 Å². The van der Waals surface area contributed by atoms with Crippen molar-refractivity contribution in [2.24, 2.45) is 0 Å².